The zero-order valence-electron chi connectivity index (χ0n) is 11.8. The lowest BCUT2D eigenvalue weighted by atomic mass is 10.1. The van der Waals surface area contributed by atoms with Crippen LogP contribution in [0.3, 0.4) is 0 Å². The van der Waals surface area contributed by atoms with E-state index in [-0.39, 0.29) is 11.5 Å². The number of nitrogens with one attached hydrogen (secondary N) is 1. The second kappa shape index (κ2) is 7.40. The Kier molecular flexibility index (Phi) is 5.29. The molecule has 2 rings (SSSR count). The molecule has 5 nitrogen and oxygen atoms in total. The zero-order chi connectivity index (χ0) is 15.1. The quantitative estimate of drug-likeness (QED) is 0.841. The predicted molar refractivity (Wildman–Crippen MR) is 81.9 cm³/mol. The topological polar surface area (TPSA) is 79.2 Å². The van der Waals surface area contributed by atoms with E-state index < -0.39 is 0 Å². The second-order valence-electron chi connectivity index (χ2n) is 4.80. The highest BCUT2D eigenvalue weighted by Crippen LogP contribution is 2.09. The van der Waals surface area contributed by atoms with Crippen molar-refractivity contribution in [3.63, 3.8) is 0 Å². The van der Waals surface area contributed by atoms with Crippen molar-refractivity contribution >= 4 is 5.91 Å². The van der Waals surface area contributed by atoms with Gasteiger partial charge in [-0.15, -0.1) is 0 Å². The molecule has 0 unspecified atom stereocenters. The molecule has 0 aliphatic heterocycles. The molecule has 0 saturated heterocycles. The predicted octanol–water partition coefficient (Wildman–Crippen LogP) is 1.37. The van der Waals surface area contributed by atoms with Crippen molar-refractivity contribution in [2.45, 2.75) is 13.0 Å². The summed E-state index contributed by atoms with van der Waals surface area (Å²) in [5, 5.41) is 0. The summed E-state index contributed by atoms with van der Waals surface area (Å²) >= 11 is 0. The first-order valence-electron chi connectivity index (χ1n) is 6.92. The minimum Gasteiger partial charge on any atom is -0.334 e. The smallest absolute Gasteiger partial charge is 0.255 e. The number of rotatable bonds is 6. The molecule has 21 heavy (non-hydrogen) atoms. The van der Waals surface area contributed by atoms with Crippen molar-refractivity contribution < 1.29 is 4.79 Å². The standard InChI is InChI=1S/C16H19N3O2/c17-9-4-10-19(12-13-5-2-1-3-6-13)16(21)14-7-8-15(20)18-11-14/h1-3,5-8,11H,4,9-10,12,17H2,(H,18,20). The van der Waals surface area contributed by atoms with Gasteiger partial charge in [0.1, 0.15) is 0 Å². The van der Waals surface area contributed by atoms with Crippen LogP contribution >= 0.6 is 0 Å². The van der Waals surface area contributed by atoms with Gasteiger partial charge in [-0.2, -0.15) is 0 Å². The SMILES string of the molecule is NCCCN(Cc1ccccc1)C(=O)c1ccc(=O)[nH]c1. The van der Waals surface area contributed by atoms with Crippen LogP contribution in [-0.2, 0) is 6.54 Å². The van der Waals surface area contributed by atoms with Gasteiger partial charge in [-0.1, -0.05) is 30.3 Å². The van der Waals surface area contributed by atoms with Gasteiger partial charge in [0.2, 0.25) is 5.56 Å². The van der Waals surface area contributed by atoms with Crippen molar-refractivity contribution in [1.82, 2.24) is 9.88 Å². The molecule has 0 aliphatic carbocycles. The van der Waals surface area contributed by atoms with E-state index in [2.05, 4.69) is 4.98 Å². The average Bonchev–Trinajstić information content (AvgIpc) is 2.52. The number of nitrogens with two attached hydrogens (primary N) is 1. The maximum Gasteiger partial charge on any atom is 0.255 e. The summed E-state index contributed by atoms with van der Waals surface area (Å²) in [4.78, 5) is 27.9. The maximum atomic E-state index is 12.5. The lowest BCUT2D eigenvalue weighted by Crippen LogP contribution is -2.32. The molecule has 0 fully saturated rings. The fourth-order valence-corrected chi connectivity index (χ4v) is 2.06. The van der Waals surface area contributed by atoms with Crippen LogP contribution in [-0.4, -0.2) is 28.9 Å². The third kappa shape index (κ3) is 4.29. The first-order chi connectivity index (χ1) is 10.2. The van der Waals surface area contributed by atoms with Crippen molar-refractivity contribution in [3.8, 4) is 0 Å². The van der Waals surface area contributed by atoms with Crippen LogP contribution in [0.2, 0.25) is 0 Å². The number of benzene rings is 1. The molecule has 0 atom stereocenters. The molecule has 3 N–H and O–H groups in total. The minimum atomic E-state index is -0.219. The Labute approximate surface area is 123 Å². The van der Waals surface area contributed by atoms with Crippen LogP contribution in [0.4, 0.5) is 0 Å². The number of carbonyl (C=O) groups excluding carboxylic acids is 1. The van der Waals surface area contributed by atoms with Crippen molar-refractivity contribution in [1.29, 1.82) is 0 Å². The summed E-state index contributed by atoms with van der Waals surface area (Å²) in [5.41, 5.74) is 6.86. The number of aromatic amines is 1. The number of pyridine rings is 1. The summed E-state index contributed by atoms with van der Waals surface area (Å²) in [6, 6.07) is 12.7. The number of aromatic nitrogens is 1. The molecule has 110 valence electrons. The molecule has 1 aromatic heterocycles. The normalized spacial score (nSPS) is 10.3. The Bertz CT molecular complexity index is 617. The van der Waals surface area contributed by atoms with Crippen molar-refractivity contribution in [2.24, 2.45) is 5.73 Å². The number of carbonyl (C=O) groups is 1. The van der Waals surface area contributed by atoms with Crippen LogP contribution in [0, 0.1) is 0 Å². The molecule has 1 amide bonds. The molecular weight excluding hydrogens is 266 g/mol. The highest BCUT2D eigenvalue weighted by atomic mass is 16.2. The van der Waals surface area contributed by atoms with Gasteiger partial charge in [0.15, 0.2) is 0 Å². The van der Waals surface area contributed by atoms with Gasteiger partial charge >= 0.3 is 0 Å². The van der Waals surface area contributed by atoms with Crippen LogP contribution in [0.15, 0.2) is 53.5 Å². The Morgan fingerprint density at radius 3 is 2.52 bits per heavy atom. The van der Waals surface area contributed by atoms with E-state index in [1.54, 1.807) is 11.0 Å². The van der Waals surface area contributed by atoms with Crippen LogP contribution < -0.4 is 11.3 Å². The summed E-state index contributed by atoms with van der Waals surface area (Å²) in [6.07, 6.45) is 2.19. The second-order valence-corrected chi connectivity index (χ2v) is 4.80. The number of hydrogen-bond acceptors (Lipinski definition) is 3. The van der Waals surface area contributed by atoms with Gasteiger partial charge in [-0.05, 0) is 24.6 Å². The Morgan fingerprint density at radius 2 is 1.90 bits per heavy atom. The number of hydrogen-bond donors (Lipinski definition) is 2. The molecule has 5 heteroatoms. The van der Waals surface area contributed by atoms with Gasteiger partial charge in [-0.3, -0.25) is 9.59 Å². The molecule has 0 aliphatic rings. The van der Waals surface area contributed by atoms with Gasteiger partial charge in [0.25, 0.3) is 5.91 Å². The molecule has 0 saturated carbocycles. The van der Waals surface area contributed by atoms with Gasteiger partial charge in [0, 0.05) is 25.4 Å². The molecular formula is C16H19N3O2. The zero-order valence-corrected chi connectivity index (χ0v) is 11.8. The number of H-pyrrole nitrogens is 1. The first kappa shape index (κ1) is 15.0. The van der Waals surface area contributed by atoms with Gasteiger partial charge < -0.3 is 15.6 Å². The summed E-state index contributed by atoms with van der Waals surface area (Å²) < 4.78 is 0. The lowest BCUT2D eigenvalue weighted by Gasteiger charge is -2.22. The fraction of sp³-hybridized carbons (Fsp3) is 0.250. The van der Waals surface area contributed by atoms with Crippen LogP contribution in [0.25, 0.3) is 0 Å². The fourth-order valence-electron chi connectivity index (χ4n) is 2.06. The van der Waals surface area contributed by atoms with E-state index >= 15 is 0 Å². The van der Waals surface area contributed by atoms with Gasteiger partial charge in [-0.25, -0.2) is 0 Å². The molecule has 1 aromatic carbocycles. The van der Waals surface area contributed by atoms with Crippen LogP contribution in [0.5, 0.6) is 0 Å². The van der Waals surface area contributed by atoms with E-state index in [0.29, 0.717) is 25.2 Å². The van der Waals surface area contributed by atoms with E-state index in [1.807, 2.05) is 30.3 Å². The Balaban J connectivity index is 2.16. The van der Waals surface area contributed by atoms with Gasteiger partial charge in [0.05, 0.1) is 5.56 Å². The monoisotopic (exact) mass is 285 g/mol. The number of amides is 1. The van der Waals surface area contributed by atoms with Crippen molar-refractivity contribution in [2.75, 3.05) is 13.1 Å². The van der Waals surface area contributed by atoms with E-state index in [4.69, 9.17) is 5.73 Å². The molecule has 2 aromatic rings. The third-order valence-electron chi connectivity index (χ3n) is 3.17. The summed E-state index contributed by atoms with van der Waals surface area (Å²) in [7, 11) is 0. The molecule has 0 spiro atoms. The maximum absolute atomic E-state index is 12.5. The van der Waals surface area contributed by atoms with E-state index in [0.717, 1.165) is 12.0 Å². The van der Waals surface area contributed by atoms with Crippen LogP contribution in [0.1, 0.15) is 22.3 Å². The molecule has 0 radical (unpaired) electrons. The first-order valence-corrected chi connectivity index (χ1v) is 6.92. The third-order valence-corrected chi connectivity index (χ3v) is 3.17. The highest BCUT2D eigenvalue weighted by Gasteiger charge is 2.15. The Hall–Kier alpha value is -2.40. The Morgan fingerprint density at radius 1 is 1.14 bits per heavy atom. The highest BCUT2D eigenvalue weighted by molar-refractivity contribution is 5.93. The molecule has 0 bridgehead atoms. The number of nitrogens with zero attached hydrogens (tertiary/aromatic N) is 1. The van der Waals surface area contributed by atoms with E-state index in [1.165, 1.54) is 12.3 Å². The lowest BCUT2D eigenvalue weighted by molar-refractivity contribution is 0.0742. The summed E-state index contributed by atoms with van der Waals surface area (Å²) in [5.74, 6) is -0.108. The van der Waals surface area contributed by atoms with Crippen molar-refractivity contribution in [3.05, 3.63) is 70.1 Å². The average molecular weight is 285 g/mol. The molecule has 1 heterocycles. The summed E-state index contributed by atoms with van der Waals surface area (Å²) in [6.45, 7) is 1.65. The minimum absolute atomic E-state index is 0.108. The largest absolute Gasteiger partial charge is 0.334 e. The van der Waals surface area contributed by atoms with E-state index in [9.17, 15) is 9.59 Å².